The molecule has 3 rings (SSSR count). The molecule has 1 spiro atoms. The first-order valence-electron chi connectivity index (χ1n) is 8.39. The van der Waals surface area contributed by atoms with Crippen LogP contribution in [0.3, 0.4) is 0 Å². The lowest BCUT2D eigenvalue weighted by Crippen LogP contribution is -2.47. The lowest BCUT2D eigenvalue weighted by molar-refractivity contribution is 0.0881. The summed E-state index contributed by atoms with van der Waals surface area (Å²) in [5.41, 5.74) is 3.01. The maximum atomic E-state index is 11.8. The highest BCUT2D eigenvalue weighted by atomic mass is 16.6. The van der Waals surface area contributed by atoms with Crippen molar-refractivity contribution < 1.29 is 9.53 Å². The second-order valence-electron chi connectivity index (χ2n) is 5.84. The molecular weight excluding hydrogens is 276 g/mol. The summed E-state index contributed by atoms with van der Waals surface area (Å²) in [7, 11) is 2.16. The van der Waals surface area contributed by atoms with E-state index in [2.05, 4.69) is 36.2 Å². The minimum absolute atomic E-state index is 0.165. The lowest BCUT2D eigenvalue weighted by Gasteiger charge is -2.39. The molecule has 1 aromatic carbocycles. The number of hydrogen-bond acceptors (Lipinski definition) is 3. The first kappa shape index (κ1) is 16.7. The van der Waals surface area contributed by atoms with Crippen LogP contribution in [0.15, 0.2) is 24.3 Å². The first-order chi connectivity index (χ1) is 10.7. The summed E-state index contributed by atoms with van der Waals surface area (Å²) in [6, 6.07) is 8.67. The number of rotatable bonds is 1. The Labute approximate surface area is 134 Å². The Balaban J connectivity index is 0.000000847. The molecule has 0 aromatic heterocycles. The number of hydrogen-bond donors (Lipinski definition) is 0. The highest BCUT2D eigenvalue weighted by Gasteiger charge is 2.44. The maximum Gasteiger partial charge on any atom is 0.409 e. The van der Waals surface area contributed by atoms with E-state index in [1.807, 2.05) is 25.7 Å². The topological polar surface area (TPSA) is 32.8 Å². The Morgan fingerprint density at radius 3 is 2.50 bits per heavy atom. The van der Waals surface area contributed by atoms with Gasteiger partial charge in [-0.1, -0.05) is 32.0 Å². The zero-order valence-corrected chi connectivity index (χ0v) is 14.3. The Bertz CT molecular complexity index is 508. The Morgan fingerprint density at radius 2 is 1.86 bits per heavy atom. The molecule has 122 valence electrons. The van der Waals surface area contributed by atoms with E-state index in [1.165, 1.54) is 11.3 Å². The summed E-state index contributed by atoms with van der Waals surface area (Å²) in [5.74, 6) is 0. The van der Waals surface area contributed by atoms with Crippen molar-refractivity contribution in [3.63, 3.8) is 0 Å². The lowest BCUT2D eigenvalue weighted by atomic mass is 9.74. The molecule has 0 radical (unpaired) electrons. The third-order valence-corrected chi connectivity index (χ3v) is 4.67. The largest absolute Gasteiger partial charge is 0.450 e. The number of nitrogens with zero attached hydrogens (tertiary/aromatic N) is 2. The molecule has 0 atom stereocenters. The van der Waals surface area contributed by atoms with E-state index in [0.717, 1.165) is 32.5 Å². The van der Waals surface area contributed by atoms with Crippen LogP contribution in [0.25, 0.3) is 0 Å². The van der Waals surface area contributed by atoms with Crippen molar-refractivity contribution in [1.82, 2.24) is 4.90 Å². The van der Waals surface area contributed by atoms with Gasteiger partial charge in [0.1, 0.15) is 0 Å². The molecule has 1 saturated heterocycles. The van der Waals surface area contributed by atoms with E-state index in [1.54, 1.807) is 0 Å². The Kier molecular flexibility index (Phi) is 5.33. The molecule has 4 heteroatoms. The van der Waals surface area contributed by atoms with Crippen molar-refractivity contribution in [2.45, 2.75) is 39.0 Å². The van der Waals surface area contributed by atoms with Crippen LogP contribution >= 0.6 is 0 Å². The highest BCUT2D eigenvalue weighted by molar-refractivity contribution is 5.68. The van der Waals surface area contributed by atoms with Crippen LogP contribution in [0, 0.1) is 0 Å². The van der Waals surface area contributed by atoms with Crippen LogP contribution in [0.1, 0.15) is 39.2 Å². The maximum absolute atomic E-state index is 11.8. The van der Waals surface area contributed by atoms with Gasteiger partial charge in [0.25, 0.3) is 0 Å². The molecule has 0 saturated carbocycles. The van der Waals surface area contributed by atoms with E-state index in [4.69, 9.17) is 4.74 Å². The summed E-state index contributed by atoms with van der Waals surface area (Å²) < 4.78 is 5.10. The molecule has 4 nitrogen and oxygen atoms in total. The standard InChI is InChI=1S/C16H22N2O2.C2H6/c1-3-20-15(19)18-10-8-16(9-11-18)12-17(2)14-7-5-4-6-13(14)16;1-2/h4-7H,3,8-12H2,1-2H3;1-2H3. The molecule has 1 fully saturated rings. The monoisotopic (exact) mass is 304 g/mol. The number of amides is 1. The number of fused-ring (bicyclic) bond motifs is 2. The van der Waals surface area contributed by atoms with Gasteiger partial charge in [-0.2, -0.15) is 0 Å². The van der Waals surface area contributed by atoms with Crippen LogP contribution < -0.4 is 4.90 Å². The van der Waals surface area contributed by atoms with Gasteiger partial charge in [-0.15, -0.1) is 0 Å². The number of para-hydroxylation sites is 1. The summed E-state index contributed by atoms with van der Waals surface area (Å²) >= 11 is 0. The zero-order valence-electron chi connectivity index (χ0n) is 14.3. The van der Waals surface area contributed by atoms with Gasteiger partial charge in [-0.3, -0.25) is 0 Å². The molecule has 2 aliphatic rings. The second-order valence-corrected chi connectivity index (χ2v) is 5.84. The van der Waals surface area contributed by atoms with Gasteiger partial charge in [-0.05, 0) is 31.4 Å². The predicted molar refractivity (Wildman–Crippen MR) is 90.6 cm³/mol. The fourth-order valence-corrected chi connectivity index (χ4v) is 3.64. The molecule has 1 amide bonds. The Hall–Kier alpha value is -1.71. The molecule has 2 aliphatic heterocycles. The van der Waals surface area contributed by atoms with Crippen molar-refractivity contribution >= 4 is 11.8 Å². The van der Waals surface area contributed by atoms with Crippen molar-refractivity contribution in [2.24, 2.45) is 0 Å². The number of ether oxygens (including phenoxy) is 1. The number of anilines is 1. The molecular formula is C18H28N2O2. The van der Waals surface area contributed by atoms with Gasteiger partial charge in [-0.25, -0.2) is 4.79 Å². The number of benzene rings is 1. The minimum Gasteiger partial charge on any atom is -0.450 e. The number of carbonyl (C=O) groups excluding carboxylic acids is 1. The number of carbonyl (C=O) groups is 1. The number of likely N-dealkylation sites (N-methyl/N-ethyl adjacent to an activating group) is 1. The van der Waals surface area contributed by atoms with E-state index < -0.39 is 0 Å². The van der Waals surface area contributed by atoms with E-state index in [-0.39, 0.29) is 11.5 Å². The first-order valence-corrected chi connectivity index (χ1v) is 8.39. The minimum atomic E-state index is -0.165. The van der Waals surface area contributed by atoms with Crippen LogP contribution in [0.5, 0.6) is 0 Å². The van der Waals surface area contributed by atoms with Crippen LogP contribution in [0.4, 0.5) is 10.5 Å². The van der Waals surface area contributed by atoms with Gasteiger partial charge < -0.3 is 14.5 Å². The highest BCUT2D eigenvalue weighted by Crippen LogP contribution is 2.46. The van der Waals surface area contributed by atoms with Gasteiger partial charge in [0.2, 0.25) is 0 Å². The van der Waals surface area contributed by atoms with Crippen LogP contribution in [-0.2, 0) is 10.2 Å². The van der Waals surface area contributed by atoms with Gasteiger partial charge in [0, 0.05) is 37.8 Å². The van der Waals surface area contributed by atoms with Crippen molar-refractivity contribution in [3.05, 3.63) is 29.8 Å². The molecule has 0 bridgehead atoms. The molecule has 0 unspecified atom stereocenters. The zero-order chi connectivity index (χ0) is 16.2. The van der Waals surface area contributed by atoms with Crippen LogP contribution in [-0.4, -0.2) is 44.3 Å². The molecule has 0 aliphatic carbocycles. The SMILES string of the molecule is CC.CCOC(=O)N1CCC2(CC1)CN(C)c1ccccc12. The van der Waals surface area contributed by atoms with Gasteiger partial charge in [0.15, 0.2) is 0 Å². The fourth-order valence-electron chi connectivity index (χ4n) is 3.64. The third kappa shape index (κ3) is 2.92. The van der Waals surface area contributed by atoms with Crippen molar-refractivity contribution in [3.8, 4) is 0 Å². The quantitative estimate of drug-likeness (QED) is 0.794. The average Bonchev–Trinajstić information content (AvgIpc) is 2.83. The van der Waals surface area contributed by atoms with Gasteiger partial charge in [0.05, 0.1) is 6.61 Å². The summed E-state index contributed by atoms with van der Waals surface area (Å²) in [6.45, 7) is 8.95. The number of piperidine rings is 1. The third-order valence-electron chi connectivity index (χ3n) is 4.67. The summed E-state index contributed by atoms with van der Waals surface area (Å²) in [5, 5.41) is 0. The van der Waals surface area contributed by atoms with E-state index in [9.17, 15) is 4.79 Å². The van der Waals surface area contributed by atoms with Crippen molar-refractivity contribution in [2.75, 3.05) is 38.2 Å². The number of likely N-dealkylation sites (tertiary alicyclic amines) is 1. The van der Waals surface area contributed by atoms with Crippen molar-refractivity contribution in [1.29, 1.82) is 0 Å². The fraction of sp³-hybridized carbons (Fsp3) is 0.611. The molecule has 0 N–H and O–H groups in total. The van der Waals surface area contributed by atoms with E-state index in [0.29, 0.717) is 6.61 Å². The predicted octanol–water partition coefficient (Wildman–Crippen LogP) is 3.65. The molecule has 2 heterocycles. The molecule has 22 heavy (non-hydrogen) atoms. The smallest absolute Gasteiger partial charge is 0.409 e. The second kappa shape index (κ2) is 7.03. The Morgan fingerprint density at radius 1 is 1.23 bits per heavy atom. The average molecular weight is 304 g/mol. The summed E-state index contributed by atoms with van der Waals surface area (Å²) in [6.07, 6.45) is 1.88. The van der Waals surface area contributed by atoms with E-state index >= 15 is 0 Å². The van der Waals surface area contributed by atoms with Crippen LogP contribution in [0.2, 0.25) is 0 Å². The molecule has 1 aromatic rings. The van der Waals surface area contributed by atoms with Gasteiger partial charge >= 0.3 is 6.09 Å². The normalized spacial score (nSPS) is 18.5. The summed E-state index contributed by atoms with van der Waals surface area (Å²) in [4.78, 5) is 16.0.